The minimum absolute atomic E-state index is 0.0873. The number of hydrogen-bond donors (Lipinski definition) is 2. The summed E-state index contributed by atoms with van der Waals surface area (Å²) in [5, 5.41) is 9.96. The largest absolute Gasteiger partial charge is 0.342 e. The van der Waals surface area contributed by atoms with Crippen LogP contribution in [-0.2, 0) is 11.8 Å². The summed E-state index contributed by atoms with van der Waals surface area (Å²) in [6, 6.07) is 18.1. The Labute approximate surface area is 227 Å². The van der Waals surface area contributed by atoms with E-state index in [1.807, 2.05) is 12.4 Å². The van der Waals surface area contributed by atoms with Crippen LogP contribution in [0.15, 0.2) is 90.0 Å². The zero-order valence-electron chi connectivity index (χ0n) is 23.5. The fraction of sp³-hybridized carbons (Fsp3) is 0.324. The van der Waals surface area contributed by atoms with Crippen LogP contribution in [0.3, 0.4) is 0 Å². The van der Waals surface area contributed by atoms with Gasteiger partial charge in [-0.25, -0.2) is 0 Å². The van der Waals surface area contributed by atoms with Crippen molar-refractivity contribution in [3.8, 4) is 0 Å². The summed E-state index contributed by atoms with van der Waals surface area (Å²) in [5.74, 6) is 1.33. The number of allylic oxidation sites excluding steroid dienone is 1. The van der Waals surface area contributed by atoms with Gasteiger partial charge in [0.25, 0.3) is 0 Å². The number of hydrogen-bond acceptors (Lipinski definition) is 4. The first-order chi connectivity index (χ1) is 18.3. The van der Waals surface area contributed by atoms with Gasteiger partial charge in [-0.15, -0.1) is 0 Å². The van der Waals surface area contributed by atoms with Crippen LogP contribution in [0.5, 0.6) is 0 Å². The minimum Gasteiger partial charge on any atom is -0.342 e. The number of anilines is 3. The fourth-order valence-corrected chi connectivity index (χ4v) is 5.55. The van der Waals surface area contributed by atoms with Crippen molar-refractivity contribution in [3.05, 3.63) is 102 Å². The molecule has 2 heterocycles. The van der Waals surface area contributed by atoms with E-state index in [2.05, 4.69) is 135 Å². The van der Waals surface area contributed by atoms with E-state index >= 15 is 0 Å². The van der Waals surface area contributed by atoms with Crippen LogP contribution in [-0.4, -0.2) is 12.3 Å². The molecule has 196 valence electrons. The van der Waals surface area contributed by atoms with E-state index in [4.69, 9.17) is 0 Å². The van der Waals surface area contributed by atoms with Crippen LogP contribution < -0.4 is 15.5 Å². The van der Waals surface area contributed by atoms with E-state index in [1.165, 1.54) is 38.8 Å². The number of nitrogens with one attached hydrogen (secondary N) is 2. The first kappa shape index (κ1) is 25.8. The highest BCUT2D eigenvalue weighted by atomic mass is 15.2. The molecule has 2 aliphatic heterocycles. The van der Waals surface area contributed by atoms with E-state index in [9.17, 15) is 0 Å². The Morgan fingerprint density at radius 2 is 1.74 bits per heavy atom. The predicted octanol–water partition coefficient (Wildman–Crippen LogP) is 8.70. The summed E-state index contributed by atoms with van der Waals surface area (Å²) in [6.45, 7) is 13.5. The molecule has 4 heteroatoms. The average Bonchev–Trinajstić information content (AvgIpc) is 3.32. The Hall–Kier alpha value is -3.79. The summed E-state index contributed by atoms with van der Waals surface area (Å²) in [6.07, 6.45) is 14.7. The van der Waals surface area contributed by atoms with Gasteiger partial charge in [-0.2, -0.15) is 0 Å². The quantitative estimate of drug-likeness (QED) is 0.338. The van der Waals surface area contributed by atoms with Gasteiger partial charge in [0.1, 0.15) is 5.82 Å². The summed E-state index contributed by atoms with van der Waals surface area (Å²) in [5.41, 5.74) is 7.63. The first-order valence-corrected chi connectivity index (χ1v) is 13.9. The van der Waals surface area contributed by atoms with E-state index in [0.29, 0.717) is 5.92 Å². The van der Waals surface area contributed by atoms with Crippen molar-refractivity contribution in [1.29, 1.82) is 0 Å². The van der Waals surface area contributed by atoms with E-state index in [1.54, 1.807) is 0 Å². The third kappa shape index (κ3) is 5.00. The molecule has 0 bridgehead atoms. The Kier molecular flexibility index (Phi) is 7.16. The van der Waals surface area contributed by atoms with Gasteiger partial charge >= 0.3 is 0 Å². The smallest absolute Gasteiger partial charge is 0.103 e. The molecule has 3 aromatic rings. The van der Waals surface area contributed by atoms with E-state index in [0.717, 1.165) is 24.4 Å². The maximum Gasteiger partial charge on any atom is 0.103 e. The number of fused-ring (bicyclic) bond motifs is 2. The summed E-state index contributed by atoms with van der Waals surface area (Å²) >= 11 is 0. The standard InChI is InChI=1S/C34H40N4/c1-7-11-33(37-30-21-25(34(4,5)6)20-23(3)26(30)8-2)36-29-14-15-32(28-13-10-9-12-27(28)29)38-19-17-24-22-35-18-16-31(24)38/h9-22,24,31,36-37H,7-8H2,1-6H3. The van der Waals surface area contributed by atoms with Crippen molar-refractivity contribution in [2.24, 2.45) is 10.9 Å². The number of benzene rings is 3. The van der Waals surface area contributed by atoms with Crippen molar-refractivity contribution >= 4 is 34.0 Å². The van der Waals surface area contributed by atoms with Crippen LogP contribution >= 0.6 is 0 Å². The summed E-state index contributed by atoms with van der Waals surface area (Å²) < 4.78 is 0. The van der Waals surface area contributed by atoms with Gasteiger partial charge in [-0.05, 0) is 72.2 Å². The van der Waals surface area contributed by atoms with Crippen molar-refractivity contribution in [2.45, 2.75) is 65.8 Å². The lowest BCUT2D eigenvalue weighted by Gasteiger charge is -2.29. The second kappa shape index (κ2) is 10.5. The monoisotopic (exact) mass is 504 g/mol. The normalized spacial score (nSPS) is 18.8. The van der Waals surface area contributed by atoms with Crippen molar-refractivity contribution in [1.82, 2.24) is 0 Å². The number of aliphatic imine (C=N–C) groups is 1. The third-order valence-electron chi connectivity index (χ3n) is 7.63. The molecule has 0 saturated carbocycles. The molecule has 0 saturated heterocycles. The SMILES string of the molecule is CCC=C(Nc1cc(C(C)(C)C)cc(C)c1CC)Nc1ccc(N2C=CC3C=NC=CC32)c2ccccc12. The Morgan fingerprint density at radius 1 is 0.974 bits per heavy atom. The number of nitrogens with zero attached hydrogens (tertiary/aromatic N) is 2. The lowest BCUT2D eigenvalue weighted by atomic mass is 9.84. The molecule has 38 heavy (non-hydrogen) atoms. The summed E-state index contributed by atoms with van der Waals surface area (Å²) in [4.78, 5) is 6.71. The molecular formula is C34H40N4. The highest BCUT2D eigenvalue weighted by Gasteiger charge is 2.29. The molecule has 2 N–H and O–H groups in total. The lowest BCUT2D eigenvalue weighted by Crippen LogP contribution is -2.31. The van der Waals surface area contributed by atoms with Gasteiger partial charge in [0.2, 0.25) is 0 Å². The number of aryl methyl sites for hydroxylation is 1. The van der Waals surface area contributed by atoms with Crippen LogP contribution in [0.1, 0.15) is 57.7 Å². The fourth-order valence-electron chi connectivity index (χ4n) is 5.55. The first-order valence-electron chi connectivity index (χ1n) is 13.9. The molecule has 5 rings (SSSR count). The maximum absolute atomic E-state index is 4.34. The van der Waals surface area contributed by atoms with Crippen molar-refractivity contribution in [3.63, 3.8) is 0 Å². The Balaban J connectivity index is 1.50. The molecule has 2 unspecified atom stereocenters. The molecule has 0 spiro atoms. The predicted molar refractivity (Wildman–Crippen MR) is 165 cm³/mol. The topological polar surface area (TPSA) is 39.7 Å². The molecule has 3 aromatic carbocycles. The Morgan fingerprint density at radius 3 is 2.47 bits per heavy atom. The average molecular weight is 505 g/mol. The van der Waals surface area contributed by atoms with Crippen LogP contribution in [0.25, 0.3) is 10.8 Å². The zero-order valence-corrected chi connectivity index (χ0v) is 23.5. The van der Waals surface area contributed by atoms with Gasteiger partial charge in [-0.3, -0.25) is 4.99 Å². The van der Waals surface area contributed by atoms with Gasteiger partial charge in [0.05, 0.1) is 6.04 Å². The molecule has 2 aliphatic rings. The maximum atomic E-state index is 4.34. The van der Waals surface area contributed by atoms with Crippen molar-refractivity contribution in [2.75, 3.05) is 15.5 Å². The zero-order chi connectivity index (χ0) is 26.9. The summed E-state index contributed by atoms with van der Waals surface area (Å²) in [7, 11) is 0. The van der Waals surface area contributed by atoms with Crippen LogP contribution in [0.4, 0.5) is 17.1 Å². The van der Waals surface area contributed by atoms with Crippen molar-refractivity contribution < 1.29 is 0 Å². The molecule has 0 aromatic heterocycles. The van der Waals surface area contributed by atoms with Gasteiger partial charge in [0, 0.05) is 52.4 Å². The minimum atomic E-state index is 0.0873. The van der Waals surface area contributed by atoms with E-state index in [-0.39, 0.29) is 11.5 Å². The highest BCUT2D eigenvalue weighted by Crippen LogP contribution is 2.38. The molecule has 2 atom stereocenters. The molecule has 4 nitrogen and oxygen atoms in total. The second-order valence-electron chi connectivity index (χ2n) is 11.3. The van der Waals surface area contributed by atoms with Crippen LogP contribution in [0, 0.1) is 12.8 Å². The third-order valence-corrected chi connectivity index (χ3v) is 7.63. The molecular weight excluding hydrogens is 464 g/mol. The lowest BCUT2D eigenvalue weighted by molar-refractivity contribution is 0.589. The molecule has 0 fully saturated rings. The molecule has 0 aliphatic carbocycles. The van der Waals surface area contributed by atoms with Crippen LogP contribution in [0.2, 0.25) is 0 Å². The molecule has 0 radical (unpaired) electrons. The second-order valence-corrected chi connectivity index (χ2v) is 11.3. The molecule has 0 amide bonds. The Bertz CT molecular complexity index is 1450. The highest BCUT2D eigenvalue weighted by molar-refractivity contribution is 6.03. The van der Waals surface area contributed by atoms with Gasteiger partial charge in [-0.1, -0.05) is 71.0 Å². The van der Waals surface area contributed by atoms with E-state index < -0.39 is 0 Å². The van der Waals surface area contributed by atoms with Gasteiger partial charge in [0.15, 0.2) is 0 Å². The number of rotatable bonds is 7. The van der Waals surface area contributed by atoms with Gasteiger partial charge < -0.3 is 15.5 Å².